The molecule has 2 atom stereocenters. The van der Waals surface area contributed by atoms with Crippen molar-refractivity contribution in [2.45, 2.75) is 52.9 Å². The van der Waals surface area contributed by atoms with Gasteiger partial charge in [-0.15, -0.1) is 0 Å². The molecule has 6 nitrogen and oxygen atoms in total. The van der Waals surface area contributed by atoms with Crippen LogP contribution in [0, 0.1) is 19.7 Å². The summed E-state index contributed by atoms with van der Waals surface area (Å²) in [6.07, 6.45) is 0. The summed E-state index contributed by atoms with van der Waals surface area (Å²) >= 11 is 0. The Morgan fingerprint density at radius 1 is 1.06 bits per heavy atom. The number of ether oxygens (including phenoxy) is 2. The third kappa shape index (κ3) is 6.11. The van der Waals surface area contributed by atoms with Crippen molar-refractivity contribution in [3.63, 3.8) is 0 Å². The maximum Gasteiger partial charge on any atom is 0.147 e. The number of benzene rings is 2. The first-order valence-electron chi connectivity index (χ1n) is 12.4. The molecule has 0 saturated carbocycles. The van der Waals surface area contributed by atoms with E-state index in [1.54, 1.807) is 12.1 Å². The predicted octanol–water partition coefficient (Wildman–Crippen LogP) is 3.92. The molecule has 2 fully saturated rings. The van der Waals surface area contributed by atoms with Crippen LogP contribution < -0.4 is 4.74 Å². The van der Waals surface area contributed by atoms with Crippen LogP contribution in [-0.4, -0.2) is 72.3 Å². The van der Waals surface area contributed by atoms with Crippen molar-refractivity contribution in [3.8, 4) is 5.75 Å². The minimum absolute atomic E-state index is 0.0926. The monoisotopic (exact) mass is 481 g/mol. The van der Waals surface area contributed by atoms with Crippen molar-refractivity contribution >= 4 is 5.94 Å². The SMILES string of the molecule is Cc1cc(OCN2C[C@@H](C)N(Cc3ccc(F)cc3)C(=C=O)[C@@H]2C)c(C)cc1CN1CCOCC1. The molecule has 0 spiro atoms. The number of nitrogens with zero attached hydrogens (tertiary/aromatic N) is 3. The molecule has 0 amide bonds. The van der Waals surface area contributed by atoms with Gasteiger partial charge in [-0.3, -0.25) is 9.80 Å². The molecule has 7 heteroatoms. The standard InChI is InChI=1S/C28H36FN3O3/c1-20-14-28(21(2)13-25(20)17-30-9-11-34-12-10-30)35-19-31-15-22(3)32(27(18-33)23(31)4)16-24-5-7-26(29)8-6-24/h5-8,13-14,22-23H,9-12,15-17,19H2,1-4H3/t22-,23+/m1/s1. The maximum atomic E-state index is 13.3. The quantitative estimate of drug-likeness (QED) is 0.559. The first-order valence-corrected chi connectivity index (χ1v) is 12.4. The maximum absolute atomic E-state index is 13.3. The van der Waals surface area contributed by atoms with E-state index in [9.17, 15) is 9.18 Å². The molecule has 0 aromatic heterocycles. The summed E-state index contributed by atoms with van der Waals surface area (Å²) in [5.41, 5.74) is 5.22. The topological polar surface area (TPSA) is 45.2 Å². The third-order valence-corrected chi connectivity index (χ3v) is 7.17. The molecule has 2 aromatic carbocycles. The number of rotatable bonds is 7. The molecular formula is C28H36FN3O3. The molecule has 188 valence electrons. The van der Waals surface area contributed by atoms with E-state index in [2.05, 4.69) is 53.5 Å². The molecule has 0 unspecified atom stereocenters. The van der Waals surface area contributed by atoms with Gasteiger partial charge in [-0.05, 0) is 68.1 Å². The lowest BCUT2D eigenvalue weighted by Gasteiger charge is -2.45. The van der Waals surface area contributed by atoms with Gasteiger partial charge in [0.15, 0.2) is 0 Å². The highest BCUT2D eigenvalue weighted by molar-refractivity contribution is 5.54. The smallest absolute Gasteiger partial charge is 0.147 e. The molecule has 2 saturated heterocycles. The average molecular weight is 482 g/mol. The van der Waals surface area contributed by atoms with E-state index < -0.39 is 0 Å². The summed E-state index contributed by atoms with van der Waals surface area (Å²) in [5.74, 6) is 2.78. The molecular weight excluding hydrogens is 445 g/mol. The van der Waals surface area contributed by atoms with E-state index >= 15 is 0 Å². The average Bonchev–Trinajstić information content (AvgIpc) is 2.85. The minimum atomic E-state index is -0.261. The fraction of sp³-hybridized carbons (Fsp3) is 0.500. The van der Waals surface area contributed by atoms with Crippen molar-refractivity contribution in [2.24, 2.45) is 0 Å². The van der Waals surface area contributed by atoms with Crippen molar-refractivity contribution in [1.82, 2.24) is 14.7 Å². The Labute approximate surface area is 207 Å². The molecule has 0 bridgehead atoms. The van der Waals surface area contributed by atoms with Gasteiger partial charge in [-0.2, -0.15) is 0 Å². The van der Waals surface area contributed by atoms with Crippen molar-refractivity contribution in [3.05, 3.63) is 70.2 Å². The number of hydrogen-bond acceptors (Lipinski definition) is 6. The zero-order valence-corrected chi connectivity index (χ0v) is 21.2. The van der Waals surface area contributed by atoms with Crippen LogP contribution in [0.1, 0.15) is 36.1 Å². The van der Waals surface area contributed by atoms with E-state index in [-0.39, 0.29) is 17.9 Å². The van der Waals surface area contributed by atoms with Gasteiger partial charge in [0.1, 0.15) is 29.9 Å². The molecule has 0 N–H and O–H groups in total. The number of hydrogen-bond donors (Lipinski definition) is 0. The van der Waals surface area contributed by atoms with E-state index in [1.807, 2.05) is 6.92 Å². The van der Waals surface area contributed by atoms with Crippen molar-refractivity contribution in [2.75, 3.05) is 39.6 Å². The number of carbonyl (C=O) groups excluding carboxylic acids is 1. The highest BCUT2D eigenvalue weighted by Gasteiger charge is 2.34. The first kappa shape index (κ1) is 25.4. The van der Waals surface area contributed by atoms with Gasteiger partial charge in [-0.1, -0.05) is 18.2 Å². The second kappa shape index (κ2) is 11.4. The Morgan fingerprint density at radius 2 is 1.77 bits per heavy atom. The second-order valence-electron chi connectivity index (χ2n) is 9.74. The van der Waals surface area contributed by atoms with Crippen LogP contribution in [0.4, 0.5) is 4.39 Å². The minimum Gasteiger partial charge on any atom is -0.478 e. The lowest BCUT2D eigenvalue weighted by Crippen LogP contribution is -2.55. The van der Waals surface area contributed by atoms with Crippen LogP contribution in [0.3, 0.4) is 0 Å². The molecule has 2 heterocycles. The first-order chi connectivity index (χ1) is 16.9. The van der Waals surface area contributed by atoms with Crippen LogP contribution >= 0.6 is 0 Å². The molecule has 4 rings (SSSR count). The number of aryl methyl sites for hydroxylation is 2. The second-order valence-corrected chi connectivity index (χ2v) is 9.74. The Bertz CT molecular complexity index is 1060. The lowest BCUT2D eigenvalue weighted by atomic mass is 10.0. The Kier molecular flexibility index (Phi) is 8.24. The Morgan fingerprint density at radius 3 is 2.46 bits per heavy atom. The summed E-state index contributed by atoms with van der Waals surface area (Å²) in [5, 5.41) is 0. The van der Waals surface area contributed by atoms with Gasteiger partial charge in [0.2, 0.25) is 0 Å². The van der Waals surface area contributed by atoms with E-state index in [1.165, 1.54) is 23.3 Å². The van der Waals surface area contributed by atoms with Crippen LogP contribution in [0.15, 0.2) is 42.1 Å². The molecule has 0 aliphatic carbocycles. The summed E-state index contributed by atoms with van der Waals surface area (Å²) in [6, 6.07) is 10.7. The molecule has 0 radical (unpaired) electrons. The van der Waals surface area contributed by atoms with E-state index in [0.717, 1.165) is 56.3 Å². The largest absolute Gasteiger partial charge is 0.478 e. The summed E-state index contributed by atoms with van der Waals surface area (Å²) in [7, 11) is 0. The fourth-order valence-electron chi connectivity index (χ4n) is 4.91. The van der Waals surface area contributed by atoms with Gasteiger partial charge in [0, 0.05) is 38.8 Å². The lowest BCUT2D eigenvalue weighted by molar-refractivity contribution is 0.0282. The summed E-state index contributed by atoms with van der Waals surface area (Å²) in [4.78, 5) is 18.6. The van der Waals surface area contributed by atoms with Gasteiger partial charge >= 0.3 is 0 Å². The fourth-order valence-corrected chi connectivity index (χ4v) is 4.91. The van der Waals surface area contributed by atoms with E-state index in [0.29, 0.717) is 19.0 Å². The summed E-state index contributed by atoms with van der Waals surface area (Å²) in [6.45, 7) is 14.5. The number of halogens is 1. The normalized spacial score (nSPS) is 21.7. The highest BCUT2D eigenvalue weighted by Crippen LogP contribution is 2.28. The Hall–Kier alpha value is -2.70. The highest BCUT2D eigenvalue weighted by atomic mass is 19.1. The summed E-state index contributed by atoms with van der Waals surface area (Å²) < 4.78 is 25.0. The number of morpholine rings is 1. The van der Waals surface area contributed by atoms with Crippen LogP contribution in [-0.2, 0) is 22.6 Å². The van der Waals surface area contributed by atoms with Gasteiger partial charge in [0.05, 0.1) is 19.3 Å². The molecule has 2 aliphatic heterocycles. The Balaban J connectivity index is 1.40. The third-order valence-electron chi connectivity index (χ3n) is 7.17. The van der Waals surface area contributed by atoms with Gasteiger partial charge in [-0.25, -0.2) is 9.18 Å². The van der Waals surface area contributed by atoms with Gasteiger partial charge in [0.25, 0.3) is 0 Å². The molecule has 35 heavy (non-hydrogen) atoms. The van der Waals surface area contributed by atoms with Crippen LogP contribution in [0.5, 0.6) is 5.75 Å². The molecule has 2 aromatic rings. The van der Waals surface area contributed by atoms with Crippen LogP contribution in [0.2, 0.25) is 0 Å². The molecule has 2 aliphatic rings. The van der Waals surface area contributed by atoms with E-state index in [4.69, 9.17) is 9.47 Å². The zero-order valence-electron chi connectivity index (χ0n) is 21.2. The van der Waals surface area contributed by atoms with Crippen molar-refractivity contribution in [1.29, 1.82) is 0 Å². The van der Waals surface area contributed by atoms with Gasteiger partial charge < -0.3 is 14.4 Å². The zero-order chi connectivity index (χ0) is 24.9. The van der Waals surface area contributed by atoms with Crippen LogP contribution in [0.25, 0.3) is 0 Å². The predicted molar refractivity (Wildman–Crippen MR) is 134 cm³/mol. The number of piperazine rings is 1. The van der Waals surface area contributed by atoms with Crippen molar-refractivity contribution < 1.29 is 18.7 Å².